The molecular weight excluding hydrogens is 272 g/mol. The molecule has 18 heavy (non-hydrogen) atoms. The average molecular weight is 279 g/mol. The number of carbonyl (C=O) groups is 1. The van der Waals surface area contributed by atoms with Gasteiger partial charge in [-0.2, -0.15) is 0 Å². The van der Waals surface area contributed by atoms with E-state index in [1.165, 1.54) is 0 Å². The molecule has 1 fully saturated rings. The third kappa shape index (κ3) is 1.75. The van der Waals surface area contributed by atoms with Crippen LogP contribution >= 0.6 is 23.8 Å². The zero-order valence-corrected chi connectivity index (χ0v) is 10.5. The monoisotopic (exact) mass is 278 g/mol. The highest BCUT2D eigenvalue weighted by atomic mass is 35.5. The number of fused-ring (bicyclic) bond motifs is 1. The molecule has 0 unspecified atom stereocenters. The van der Waals surface area contributed by atoms with Crippen molar-refractivity contribution in [2.24, 2.45) is 0 Å². The highest BCUT2D eigenvalue weighted by Gasteiger charge is 2.21. The number of carbonyl (C=O) groups excluding carboxylic acids is 1. The molecule has 1 aliphatic rings. The fourth-order valence-corrected chi connectivity index (χ4v) is 2.17. The summed E-state index contributed by atoms with van der Waals surface area (Å²) in [6.45, 7) is 0. The number of thiocarbonyl (C=S) groups is 1. The molecule has 1 aliphatic heterocycles. The highest BCUT2D eigenvalue weighted by molar-refractivity contribution is 7.80. The Morgan fingerprint density at radius 3 is 2.94 bits per heavy atom. The van der Waals surface area contributed by atoms with Crippen LogP contribution in [0.1, 0.15) is 5.69 Å². The lowest BCUT2D eigenvalue weighted by Gasteiger charge is -1.97. The molecule has 0 spiro atoms. The predicted molar refractivity (Wildman–Crippen MR) is 72.1 cm³/mol. The van der Waals surface area contributed by atoms with Gasteiger partial charge in [0.15, 0.2) is 10.3 Å². The minimum atomic E-state index is -0.276. The van der Waals surface area contributed by atoms with E-state index in [1.807, 2.05) is 24.4 Å². The normalized spacial score (nSPS) is 17.3. The molecule has 5 nitrogen and oxygen atoms in total. The Balaban J connectivity index is 2.15. The van der Waals surface area contributed by atoms with Crippen molar-refractivity contribution >= 4 is 46.6 Å². The van der Waals surface area contributed by atoms with Crippen molar-refractivity contribution in [1.82, 2.24) is 20.0 Å². The van der Waals surface area contributed by atoms with Gasteiger partial charge in [-0.25, -0.2) is 4.98 Å². The summed E-state index contributed by atoms with van der Waals surface area (Å²) in [7, 11) is 0. The first-order chi connectivity index (χ1) is 8.65. The van der Waals surface area contributed by atoms with Crippen LogP contribution in [0.15, 0.2) is 30.1 Å². The lowest BCUT2D eigenvalue weighted by molar-refractivity contribution is -0.115. The summed E-state index contributed by atoms with van der Waals surface area (Å²) in [6, 6.07) is 5.56. The van der Waals surface area contributed by atoms with Crippen molar-refractivity contribution in [3.05, 3.63) is 40.9 Å². The second-order valence-electron chi connectivity index (χ2n) is 3.68. The smallest absolute Gasteiger partial charge is 0.273 e. The number of amides is 1. The van der Waals surface area contributed by atoms with E-state index >= 15 is 0 Å². The number of hydrogen-bond acceptors (Lipinski definition) is 3. The number of nitrogens with zero attached hydrogens (tertiary/aromatic N) is 2. The van der Waals surface area contributed by atoms with Crippen molar-refractivity contribution in [3.8, 4) is 0 Å². The Morgan fingerprint density at radius 1 is 1.39 bits per heavy atom. The van der Waals surface area contributed by atoms with E-state index in [1.54, 1.807) is 10.5 Å². The minimum absolute atomic E-state index is 0.276. The molecule has 7 heteroatoms. The van der Waals surface area contributed by atoms with E-state index in [0.29, 0.717) is 16.5 Å². The number of halogens is 1. The van der Waals surface area contributed by atoms with Gasteiger partial charge in [0.2, 0.25) is 0 Å². The van der Waals surface area contributed by atoms with Gasteiger partial charge in [-0.05, 0) is 30.4 Å². The third-order valence-electron chi connectivity index (χ3n) is 2.52. The maximum atomic E-state index is 11.6. The molecule has 1 amide bonds. The molecule has 0 aromatic carbocycles. The summed E-state index contributed by atoms with van der Waals surface area (Å²) in [6.07, 6.45) is 3.45. The van der Waals surface area contributed by atoms with Crippen LogP contribution in [0.5, 0.6) is 0 Å². The maximum absolute atomic E-state index is 11.6. The fraction of sp³-hybridized carbons (Fsp3) is 0. The third-order valence-corrected chi connectivity index (χ3v) is 3.01. The molecule has 2 aromatic heterocycles. The van der Waals surface area contributed by atoms with Gasteiger partial charge in [0, 0.05) is 6.20 Å². The molecule has 0 aliphatic carbocycles. The van der Waals surface area contributed by atoms with Gasteiger partial charge in [0.25, 0.3) is 5.91 Å². The van der Waals surface area contributed by atoms with Gasteiger partial charge in [-0.1, -0.05) is 17.7 Å². The topological polar surface area (TPSA) is 58.4 Å². The zero-order valence-electron chi connectivity index (χ0n) is 8.98. The molecule has 0 atom stereocenters. The van der Waals surface area contributed by atoms with Gasteiger partial charge >= 0.3 is 0 Å². The fourth-order valence-electron chi connectivity index (χ4n) is 1.73. The molecular formula is C11H7ClN4OS. The molecule has 3 rings (SSSR count). The van der Waals surface area contributed by atoms with E-state index in [9.17, 15) is 4.79 Å². The average Bonchev–Trinajstić information content (AvgIpc) is 2.81. The number of rotatable bonds is 1. The Labute approximate surface area is 112 Å². The van der Waals surface area contributed by atoms with Crippen LogP contribution in [0.3, 0.4) is 0 Å². The maximum Gasteiger partial charge on any atom is 0.273 e. The lowest BCUT2D eigenvalue weighted by atomic mass is 10.3. The number of imidazole rings is 1. The first-order valence-electron chi connectivity index (χ1n) is 5.12. The van der Waals surface area contributed by atoms with Crippen LogP contribution in [0, 0.1) is 0 Å². The summed E-state index contributed by atoms with van der Waals surface area (Å²) in [5.41, 5.74) is 1.71. The summed E-state index contributed by atoms with van der Waals surface area (Å²) in [5.74, 6) is -0.276. The molecule has 2 aromatic rings. The van der Waals surface area contributed by atoms with Crippen molar-refractivity contribution < 1.29 is 4.79 Å². The van der Waals surface area contributed by atoms with Crippen LogP contribution in [0.2, 0.25) is 5.15 Å². The molecule has 90 valence electrons. The van der Waals surface area contributed by atoms with Crippen molar-refractivity contribution in [3.63, 3.8) is 0 Å². The van der Waals surface area contributed by atoms with E-state index in [-0.39, 0.29) is 11.0 Å². The molecule has 0 saturated carbocycles. The Hall–Kier alpha value is -1.92. The number of nitrogens with one attached hydrogen (secondary N) is 2. The largest absolute Gasteiger partial charge is 0.328 e. The second kappa shape index (κ2) is 4.08. The standard InChI is InChI=1S/C11H7ClN4OS/c12-9-7(5-6-10(17)15-11(18)13-6)16-4-2-1-3-8(16)14-9/h1-5H,(H2,13,15,17,18)/b6-5-. The van der Waals surface area contributed by atoms with E-state index < -0.39 is 0 Å². The van der Waals surface area contributed by atoms with Gasteiger partial charge in [0.1, 0.15) is 11.3 Å². The lowest BCUT2D eigenvalue weighted by Crippen LogP contribution is -2.21. The minimum Gasteiger partial charge on any atom is -0.328 e. The van der Waals surface area contributed by atoms with E-state index in [4.69, 9.17) is 23.8 Å². The van der Waals surface area contributed by atoms with E-state index in [2.05, 4.69) is 15.6 Å². The summed E-state index contributed by atoms with van der Waals surface area (Å²) in [4.78, 5) is 15.7. The molecule has 1 saturated heterocycles. The Bertz CT molecular complexity index is 706. The first-order valence-corrected chi connectivity index (χ1v) is 5.90. The Morgan fingerprint density at radius 2 is 2.22 bits per heavy atom. The van der Waals surface area contributed by atoms with Crippen LogP contribution in [0.4, 0.5) is 0 Å². The summed E-state index contributed by atoms with van der Waals surface area (Å²) < 4.78 is 1.80. The Kier molecular flexibility index (Phi) is 2.53. The first kappa shape index (κ1) is 11.2. The summed E-state index contributed by atoms with van der Waals surface area (Å²) >= 11 is 10.9. The van der Waals surface area contributed by atoms with Gasteiger partial charge in [-0.15, -0.1) is 0 Å². The number of aromatic nitrogens is 2. The van der Waals surface area contributed by atoms with Crippen LogP contribution in [-0.2, 0) is 4.79 Å². The highest BCUT2D eigenvalue weighted by Crippen LogP contribution is 2.20. The van der Waals surface area contributed by atoms with Crippen molar-refractivity contribution in [2.75, 3.05) is 0 Å². The summed E-state index contributed by atoms with van der Waals surface area (Å²) in [5, 5.41) is 5.88. The van der Waals surface area contributed by atoms with Gasteiger partial charge in [-0.3, -0.25) is 14.5 Å². The van der Waals surface area contributed by atoms with Crippen LogP contribution < -0.4 is 10.6 Å². The van der Waals surface area contributed by atoms with Gasteiger partial charge < -0.3 is 5.32 Å². The van der Waals surface area contributed by atoms with E-state index in [0.717, 1.165) is 5.65 Å². The number of pyridine rings is 1. The van der Waals surface area contributed by atoms with Gasteiger partial charge in [0.05, 0.1) is 5.69 Å². The quantitative estimate of drug-likeness (QED) is 0.610. The number of hydrogen-bond donors (Lipinski definition) is 2. The predicted octanol–water partition coefficient (Wildman–Crippen LogP) is 1.33. The second-order valence-corrected chi connectivity index (χ2v) is 4.45. The van der Waals surface area contributed by atoms with Crippen LogP contribution in [0.25, 0.3) is 11.7 Å². The van der Waals surface area contributed by atoms with Crippen molar-refractivity contribution in [1.29, 1.82) is 0 Å². The zero-order chi connectivity index (χ0) is 12.7. The molecule has 2 N–H and O–H groups in total. The van der Waals surface area contributed by atoms with Crippen molar-refractivity contribution in [2.45, 2.75) is 0 Å². The molecule has 3 heterocycles. The van der Waals surface area contributed by atoms with Crippen LogP contribution in [-0.4, -0.2) is 20.4 Å². The molecule has 0 radical (unpaired) electrons. The SMILES string of the molecule is O=C1NC(=S)N/C1=C\c1c(Cl)nc2ccccn12. The molecule has 0 bridgehead atoms.